The molecule has 2 N–H and O–H groups in total. The van der Waals surface area contributed by atoms with Gasteiger partial charge in [0.15, 0.2) is 11.5 Å². The van der Waals surface area contributed by atoms with Gasteiger partial charge in [0.1, 0.15) is 28.7 Å². The lowest BCUT2D eigenvalue weighted by Gasteiger charge is -2.20. The molecule has 0 bridgehead atoms. The molecule has 0 amide bonds. The second kappa shape index (κ2) is 9.27. The Morgan fingerprint density at radius 1 is 1.18 bits per heavy atom. The van der Waals surface area contributed by atoms with E-state index in [1.54, 1.807) is 12.4 Å². The Kier molecular flexibility index (Phi) is 6.39. The number of aromatic nitrogens is 5. The maximum Gasteiger partial charge on any atom is 0.245 e. The van der Waals surface area contributed by atoms with Gasteiger partial charge in [-0.2, -0.15) is 9.78 Å². The number of aryl methyl sites for hydroxylation is 1. The molecule has 12 nitrogen and oxygen atoms in total. The second-order valence-electron chi connectivity index (χ2n) is 7.46. The highest BCUT2D eigenvalue weighted by molar-refractivity contribution is 7.90. The summed E-state index contributed by atoms with van der Waals surface area (Å²) in [5.41, 5.74) is 2.54. The molecule has 3 aromatic rings. The first-order valence-corrected chi connectivity index (χ1v) is 12.3. The quantitative estimate of drug-likeness (QED) is 0.506. The Morgan fingerprint density at radius 2 is 1.94 bits per heavy atom. The molecule has 0 fully saturated rings. The van der Waals surface area contributed by atoms with Gasteiger partial charge in [-0.15, -0.1) is 0 Å². The van der Waals surface area contributed by atoms with Crippen molar-refractivity contribution in [2.24, 2.45) is 15.2 Å². The number of ether oxygens (including phenoxy) is 1. The zero-order chi connectivity index (χ0) is 24.5. The molecule has 0 radical (unpaired) electrons. The average Bonchev–Trinajstić information content (AvgIpc) is 3.31. The van der Waals surface area contributed by atoms with Crippen molar-refractivity contribution in [3.05, 3.63) is 42.2 Å². The van der Waals surface area contributed by atoms with Crippen LogP contribution in [0.4, 0.5) is 11.5 Å². The van der Waals surface area contributed by atoms with Crippen LogP contribution in [0.25, 0.3) is 11.4 Å². The molecule has 0 spiro atoms. The van der Waals surface area contributed by atoms with Crippen molar-refractivity contribution in [2.45, 2.75) is 20.8 Å². The number of anilines is 1. The minimum Gasteiger partial charge on any atom is -0.479 e. The number of pyridine rings is 1. The first kappa shape index (κ1) is 23.4. The van der Waals surface area contributed by atoms with Crippen LogP contribution in [0.1, 0.15) is 25.4 Å². The van der Waals surface area contributed by atoms with Crippen molar-refractivity contribution in [3.63, 3.8) is 0 Å². The number of rotatable bonds is 8. The Morgan fingerprint density at radius 3 is 2.53 bits per heavy atom. The van der Waals surface area contributed by atoms with Gasteiger partial charge in [0, 0.05) is 25.5 Å². The normalized spacial score (nSPS) is 14.3. The molecule has 1 aliphatic heterocycles. The monoisotopic (exact) mass is 483 g/mol. The van der Waals surface area contributed by atoms with Gasteiger partial charge >= 0.3 is 0 Å². The Labute approximate surface area is 197 Å². The summed E-state index contributed by atoms with van der Waals surface area (Å²) in [6.45, 7) is 7.61. The maximum absolute atomic E-state index is 11.9. The van der Waals surface area contributed by atoms with Gasteiger partial charge in [0.25, 0.3) is 0 Å². The molecule has 1 aliphatic rings. The third-order valence-corrected chi connectivity index (χ3v) is 5.89. The molecule has 178 valence electrons. The van der Waals surface area contributed by atoms with Gasteiger partial charge < -0.3 is 9.64 Å². The molecular formula is C21H25N9O3S. The fraction of sp³-hybridized carbons (Fsp3) is 0.333. The van der Waals surface area contributed by atoms with E-state index in [4.69, 9.17) is 14.9 Å². The van der Waals surface area contributed by atoms with E-state index in [2.05, 4.69) is 43.8 Å². The topological polar surface area (TPSA) is 154 Å². The van der Waals surface area contributed by atoms with Gasteiger partial charge in [0.2, 0.25) is 15.9 Å². The molecule has 4 heterocycles. The predicted octanol–water partition coefficient (Wildman–Crippen LogP) is 1.53. The number of methoxy groups -OCH3 is 1. The third kappa shape index (κ3) is 4.52. The Balaban J connectivity index is 1.86. The molecule has 13 heteroatoms. The number of nitrogens with zero attached hydrogens (tertiary/aromatic N) is 8. The van der Waals surface area contributed by atoms with Crippen LogP contribution in [0, 0.1) is 6.92 Å². The molecule has 34 heavy (non-hydrogen) atoms. The van der Waals surface area contributed by atoms with Crippen LogP contribution in [0.5, 0.6) is 5.88 Å². The minimum absolute atomic E-state index is 0.154. The summed E-state index contributed by atoms with van der Waals surface area (Å²) in [5.74, 6) is 0.912. The van der Waals surface area contributed by atoms with Crippen LogP contribution in [0.15, 0.2) is 40.8 Å². The van der Waals surface area contributed by atoms with Crippen molar-refractivity contribution in [1.82, 2.24) is 24.6 Å². The van der Waals surface area contributed by atoms with Gasteiger partial charge in [-0.05, 0) is 32.9 Å². The van der Waals surface area contributed by atoms with E-state index in [-0.39, 0.29) is 17.3 Å². The van der Waals surface area contributed by atoms with Gasteiger partial charge in [-0.25, -0.2) is 28.5 Å². The van der Waals surface area contributed by atoms with Gasteiger partial charge in [-0.3, -0.25) is 9.97 Å². The fourth-order valence-electron chi connectivity index (χ4n) is 3.62. The SMILES string of the molecule is CCN(CC)c1ccc(N=C2C(CS(N)(=O)=O)=Nn3c2nc(-c2cnccn2)c3OC)c(C)n1. The highest BCUT2D eigenvalue weighted by Gasteiger charge is 2.33. The summed E-state index contributed by atoms with van der Waals surface area (Å²) in [4.78, 5) is 24.5. The summed E-state index contributed by atoms with van der Waals surface area (Å²) in [7, 11) is -2.42. The molecule has 4 rings (SSSR count). The van der Waals surface area contributed by atoms with Gasteiger partial charge in [0.05, 0.1) is 24.7 Å². The first-order valence-electron chi connectivity index (χ1n) is 10.6. The first-order chi connectivity index (χ1) is 16.3. The lowest BCUT2D eigenvalue weighted by atomic mass is 10.2. The zero-order valence-electron chi connectivity index (χ0n) is 19.3. The van der Waals surface area contributed by atoms with E-state index in [1.165, 1.54) is 18.0 Å². The lowest BCUT2D eigenvalue weighted by Crippen LogP contribution is -2.27. The molecule has 3 aromatic heterocycles. The van der Waals surface area contributed by atoms with Crippen LogP contribution in [0.3, 0.4) is 0 Å². The summed E-state index contributed by atoms with van der Waals surface area (Å²) >= 11 is 0. The van der Waals surface area contributed by atoms with Crippen LogP contribution >= 0.6 is 0 Å². The van der Waals surface area contributed by atoms with Crippen molar-refractivity contribution >= 4 is 33.0 Å². The molecule has 0 aromatic carbocycles. The molecule has 0 saturated carbocycles. The standard InChI is InChI=1S/C21H25N9O3S/c1-5-29(6-2)17-8-7-14(13(3)25-17)26-18-16(12-34(22,31)32)28-30-20(18)27-19(21(30)33-4)15-11-23-9-10-24-15/h7-11H,5-6,12H2,1-4H3,(H2,22,31,32). The summed E-state index contributed by atoms with van der Waals surface area (Å²) in [6, 6.07) is 3.72. The zero-order valence-corrected chi connectivity index (χ0v) is 20.1. The van der Waals surface area contributed by atoms with Crippen molar-refractivity contribution in [2.75, 3.05) is 30.9 Å². The largest absolute Gasteiger partial charge is 0.479 e. The number of fused-ring (bicyclic) bond motifs is 1. The van der Waals surface area contributed by atoms with Crippen LogP contribution in [-0.2, 0) is 10.0 Å². The van der Waals surface area contributed by atoms with E-state index in [0.29, 0.717) is 28.6 Å². The summed E-state index contributed by atoms with van der Waals surface area (Å²) in [6.07, 6.45) is 4.63. The number of sulfonamides is 1. The minimum atomic E-state index is -3.88. The molecule has 0 atom stereocenters. The number of aliphatic imine (C=N–C) groups is 1. The number of nitrogens with two attached hydrogens (primary N) is 1. The highest BCUT2D eigenvalue weighted by Crippen LogP contribution is 2.33. The van der Waals surface area contributed by atoms with Gasteiger partial charge in [-0.1, -0.05) is 0 Å². The van der Waals surface area contributed by atoms with Crippen LogP contribution < -0.4 is 14.8 Å². The maximum atomic E-state index is 11.9. The Hall–Kier alpha value is -3.71. The van der Waals surface area contributed by atoms with Crippen molar-refractivity contribution in [1.29, 1.82) is 0 Å². The van der Waals surface area contributed by atoms with E-state index < -0.39 is 15.8 Å². The van der Waals surface area contributed by atoms with E-state index in [0.717, 1.165) is 18.9 Å². The predicted molar refractivity (Wildman–Crippen MR) is 129 cm³/mol. The number of primary sulfonamides is 1. The number of hydrogen-bond donors (Lipinski definition) is 1. The van der Waals surface area contributed by atoms with Crippen LogP contribution in [0.2, 0.25) is 0 Å². The number of imidazole rings is 1. The lowest BCUT2D eigenvalue weighted by molar-refractivity contribution is 0.382. The van der Waals surface area contributed by atoms with E-state index >= 15 is 0 Å². The van der Waals surface area contributed by atoms with Crippen molar-refractivity contribution < 1.29 is 13.2 Å². The smallest absolute Gasteiger partial charge is 0.245 e. The summed E-state index contributed by atoms with van der Waals surface area (Å²) < 4.78 is 30.7. The molecule has 0 aliphatic carbocycles. The second-order valence-corrected chi connectivity index (χ2v) is 9.07. The summed E-state index contributed by atoms with van der Waals surface area (Å²) in [5, 5.41) is 9.73. The Bertz CT molecular complexity index is 1380. The number of hydrogen-bond acceptors (Lipinski definition) is 10. The van der Waals surface area contributed by atoms with Crippen molar-refractivity contribution in [3.8, 4) is 17.3 Å². The molecule has 0 unspecified atom stereocenters. The fourth-order valence-corrected chi connectivity index (χ4v) is 4.19. The highest BCUT2D eigenvalue weighted by atomic mass is 32.2. The third-order valence-electron chi connectivity index (χ3n) is 5.22. The molecular weight excluding hydrogens is 458 g/mol. The molecule has 0 saturated heterocycles. The van der Waals surface area contributed by atoms with E-state index in [1.807, 2.05) is 19.1 Å². The van der Waals surface area contributed by atoms with E-state index in [9.17, 15) is 8.42 Å². The van der Waals surface area contributed by atoms with Crippen LogP contribution in [-0.4, -0.2) is 70.4 Å². The average molecular weight is 484 g/mol.